The minimum Gasteiger partial charge on any atom is -0.380 e. The highest BCUT2D eigenvalue weighted by Crippen LogP contribution is 2.26. The third-order valence-corrected chi connectivity index (χ3v) is 3.00. The number of pyridine rings is 1. The van der Waals surface area contributed by atoms with E-state index in [1.54, 1.807) is 0 Å². The van der Waals surface area contributed by atoms with Crippen molar-refractivity contribution in [3.63, 3.8) is 0 Å². The van der Waals surface area contributed by atoms with E-state index in [1.165, 1.54) is 0 Å². The largest absolute Gasteiger partial charge is 0.380 e. The molecule has 0 N–H and O–H groups in total. The molecule has 0 amide bonds. The highest BCUT2D eigenvalue weighted by atomic mass is 32.2. The Morgan fingerprint density at radius 1 is 1.50 bits per heavy atom. The van der Waals surface area contributed by atoms with Gasteiger partial charge in [0, 0.05) is 18.1 Å². The van der Waals surface area contributed by atoms with Crippen LogP contribution in [0.4, 0.5) is 0 Å². The number of hydrogen-bond donors (Lipinski definition) is 0. The van der Waals surface area contributed by atoms with Gasteiger partial charge in [0.1, 0.15) is 0 Å². The number of hydrogen-bond acceptors (Lipinski definition) is 3. The van der Waals surface area contributed by atoms with E-state index in [-0.39, 0.29) is 0 Å². The second-order valence-electron chi connectivity index (χ2n) is 2.77. The minimum absolute atomic E-state index is 0.611. The van der Waals surface area contributed by atoms with Gasteiger partial charge in [-0.25, -0.2) is 4.98 Å². The third kappa shape index (κ3) is 1.99. The molecule has 12 heavy (non-hydrogen) atoms. The summed E-state index contributed by atoms with van der Waals surface area (Å²) in [6, 6.07) is 6.00. The van der Waals surface area contributed by atoms with Crippen LogP contribution in [0, 0.1) is 0 Å². The fraction of sp³-hybridized carbons (Fsp3) is 0.444. The summed E-state index contributed by atoms with van der Waals surface area (Å²) in [4.78, 5) is 4.25. The molecule has 1 aliphatic heterocycles. The zero-order valence-corrected chi connectivity index (χ0v) is 7.59. The van der Waals surface area contributed by atoms with Gasteiger partial charge in [-0.1, -0.05) is 6.07 Å². The predicted octanol–water partition coefficient (Wildman–Crippen LogP) is 1.96. The number of ether oxygens (including phenoxy) is 1. The van der Waals surface area contributed by atoms with Crippen molar-refractivity contribution in [3.8, 4) is 0 Å². The molecule has 1 aromatic heterocycles. The third-order valence-electron chi connectivity index (χ3n) is 1.81. The molecule has 1 unspecified atom stereocenters. The summed E-state index contributed by atoms with van der Waals surface area (Å²) in [5, 5.41) is 1.72. The fourth-order valence-corrected chi connectivity index (χ4v) is 2.19. The summed E-state index contributed by atoms with van der Waals surface area (Å²) < 4.78 is 5.28. The predicted molar refractivity (Wildman–Crippen MR) is 49.3 cm³/mol. The standard InChI is InChI=1S/C9H11NOS/c1-2-5-10-9(3-1)12-8-4-6-11-7-8/h1-3,5,8H,4,6-7H2. The second kappa shape index (κ2) is 3.92. The maximum atomic E-state index is 5.28. The van der Waals surface area contributed by atoms with E-state index < -0.39 is 0 Å². The van der Waals surface area contributed by atoms with Gasteiger partial charge in [0.2, 0.25) is 0 Å². The lowest BCUT2D eigenvalue weighted by Gasteiger charge is -2.04. The first-order chi connectivity index (χ1) is 5.95. The number of aromatic nitrogens is 1. The molecule has 2 rings (SSSR count). The molecule has 1 saturated heterocycles. The van der Waals surface area contributed by atoms with Gasteiger partial charge in [0.15, 0.2) is 0 Å². The summed E-state index contributed by atoms with van der Waals surface area (Å²) >= 11 is 1.82. The van der Waals surface area contributed by atoms with Crippen LogP contribution in [0.1, 0.15) is 6.42 Å². The molecule has 0 aromatic carbocycles. The average molecular weight is 181 g/mol. The highest BCUT2D eigenvalue weighted by molar-refractivity contribution is 7.99. The van der Waals surface area contributed by atoms with Gasteiger partial charge in [0.05, 0.1) is 11.6 Å². The van der Waals surface area contributed by atoms with E-state index in [9.17, 15) is 0 Å². The van der Waals surface area contributed by atoms with Gasteiger partial charge in [0.25, 0.3) is 0 Å². The van der Waals surface area contributed by atoms with Crippen molar-refractivity contribution in [1.29, 1.82) is 0 Å². The molecule has 1 aliphatic rings. The van der Waals surface area contributed by atoms with Crippen LogP contribution in [0.15, 0.2) is 29.4 Å². The van der Waals surface area contributed by atoms with Crippen LogP contribution in [-0.4, -0.2) is 23.4 Å². The van der Waals surface area contributed by atoms with Crippen LogP contribution in [0.2, 0.25) is 0 Å². The summed E-state index contributed by atoms with van der Waals surface area (Å²) in [6.45, 7) is 1.78. The van der Waals surface area contributed by atoms with Crippen molar-refractivity contribution >= 4 is 11.8 Å². The highest BCUT2D eigenvalue weighted by Gasteiger charge is 2.16. The van der Waals surface area contributed by atoms with Crippen molar-refractivity contribution in [3.05, 3.63) is 24.4 Å². The van der Waals surface area contributed by atoms with Crippen LogP contribution in [-0.2, 0) is 4.74 Å². The number of thioether (sulfide) groups is 1. The lowest BCUT2D eigenvalue weighted by atomic mass is 10.4. The molecule has 1 atom stereocenters. The minimum atomic E-state index is 0.611. The molecule has 0 bridgehead atoms. The molecule has 2 nitrogen and oxygen atoms in total. The van der Waals surface area contributed by atoms with Gasteiger partial charge in [-0.2, -0.15) is 0 Å². The van der Waals surface area contributed by atoms with Crippen LogP contribution >= 0.6 is 11.8 Å². The molecular formula is C9H11NOS. The van der Waals surface area contributed by atoms with Crippen LogP contribution in [0.25, 0.3) is 0 Å². The normalized spacial score (nSPS) is 22.8. The van der Waals surface area contributed by atoms with Gasteiger partial charge in [-0.15, -0.1) is 11.8 Å². The quantitative estimate of drug-likeness (QED) is 0.696. The monoisotopic (exact) mass is 181 g/mol. The summed E-state index contributed by atoms with van der Waals surface area (Å²) in [6.07, 6.45) is 2.99. The first kappa shape index (κ1) is 8.08. The van der Waals surface area contributed by atoms with Gasteiger partial charge in [-0.3, -0.25) is 0 Å². The van der Waals surface area contributed by atoms with E-state index in [4.69, 9.17) is 4.74 Å². The zero-order valence-electron chi connectivity index (χ0n) is 6.77. The number of rotatable bonds is 2. The zero-order chi connectivity index (χ0) is 8.23. The lowest BCUT2D eigenvalue weighted by molar-refractivity contribution is 0.199. The maximum Gasteiger partial charge on any atom is 0.0963 e. The molecule has 1 fully saturated rings. The van der Waals surface area contributed by atoms with Gasteiger partial charge in [-0.05, 0) is 18.6 Å². The van der Waals surface area contributed by atoms with Crippen LogP contribution in [0.3, 0.4) is 0 Å². The van der Waals surface area contributed by atoms with E-state index in [2.05, 4.69) is 4.98 Å². The maximum absolute atomic E-state index is 5.28. The topological polar surface area (TPSA) is 22.1 Å². The molecule has 0 aliphatic carbocycles. The van der Waals surface area contributed by atoms with Crippen molar-refractivity contribution < 1.29 is 4.74 Å². The molecule has 3 heteroatoms. The Labute approximate surface area is 76.3 Å². The fourth-order valence-electron chi connectivity index (χ4n) is 1.19. The second-order valence-corrected chi connectivity index (χ2v) is 4.09. The van der Waals surface area contributed by atoms with Crippen molar-refractivity contribution in [2.24, 2.45) is 0 Å². The first-order valence-electron chi connectivity index (χ1n) is 4.10. The lowest BCUT2D eigenvalue weighted by Crippen LogP contribution is -2.00. The van der Waals surface area contributed by atoms with Gasteiger partial charge >= 0.3 is 0 Å². The van der Waals surface area contributed by atoms with Crippen molar-refractivity contribution in [2.45, 2.75) is 16.7 Å². The smallest absolute Gasteiger partial charge is 0.0963 e. The molecule has 0 spiro atoms. The molecule has 64 valence electrons. The van der Waals surface area contributed by atoms with Gasteiger partial charge < -0.3 is 4.74 Å². The molecule has 1 aromatic rings. The van der Waals surface area contributed by atoms with Crippen molar-refractivity contribution in [1.82, 2.24) is 4.98 Å². The summed E-state index contributed by atoms with van der Waals surface area (Å²) in [5.74, 6) is 0. The molecule has 0 radical (unpaired) electrons. The molecule has 2 heterocycles. The SMILES string of the molecule is c1ccc(SC2CCOC2)nc1. The van der Waals surface area contributed by atoms with Crippen LogP contribution < -0.4 is 0 Å². The van der Waals surface area contributed by atoms with E-state index in [0.29, 0.717) is 5.25 Å². The van der Waals surface area contributed by atoms with Crippen LogP contribution in [0.5, 0.6) is 0 Å². The van der Waals surface area contributed by atoms with E-state index in [0.717, 1.165) is 24.7 Å². The first-order valence-corrected chi connectivity index (χ1v) is 4.98. The Bertz CT molecular complexity index is 234. The average Bonchev–Trinajstić information content (AvgIpc) is 2.59. The van der Waals surface area contributed by atoms with E-state index in [1.807, 2.05) is 36.2 Å². The van der Waals surface area contributed by atoms with E-state index >= 15 is 0 Å². The Morgan fingerprint density at radius 3 is 3.17 bits per heavy atom. The Hall–Kier alpha value is -0.540. The van der Waals surface area contributed by atoms with Crippen molar-refractivity contribution in [2.75, 3.05) is 13.2 Å². The molecule has 0 saturated carbocycles. The Kier molecular flexibility index (Phi) is 2.64. The molecular weight excluding hydrogens is 170 g/mol. The Morgan fingerprint density at radius 2 is 2.50 bits per heavy atom. The summed E-state index contributed by atoms with van der Waals surface area (Å²) in [5.41, 5.74) is 0. The summed E-state index contributed by atoms with van der Waals surface area (Å²) in [7, 11) is 0. The number of nitrogens with zero attached hydrogens (tertiary/aromatic N) is 1. The Balaban J connectivity index is 1.94.